The van der Waals surface area contributed by atoms with E-state index in [1.165, 1.54) is 30.4 Å². The fourth-order valence-electron chi connectivity index (χ4n) is 3.15. The Morgan fingerprint density at radius 1 is 1.37 bits per heavy atom. The van der Waals surface area contributed by atoms with Crippen molar-refractivity contribution in [3.8, 4) is 0 Å². The minimum Gasteiger partial charge on any atom is -0.395 e. The molecule has 2 unspecified atom stereocenters. The highest BCUT2D eigenvalue weighted by Gasteiger charge is 2.27. The molecule has 0 amide bonds. The highest BCUT2D eigenvalue weighted by Crippen LogP contribution is 2.27. The van der Waals surface area contributed by atoms with Crippen molar-refractivity contribution in [2.45, 2.75) is 44.7 Å². The maximum absolute atomic E-state index is 9.65. The third-order valence-corrected chi connectivity index (χ3v) is 4.18. The van der Waals surface area contributed by atoms with Crippen molar-refractivity contribution in [2.75, 3.05) is 19.7 Å². The number of hydrogen-bond donors (Lipinski definition) is 2. The Labute approximate surface area is 116 Å². The molecule has 2 rings (SSSR count). The van der Waals surface area contributed by atoms with Crippen LogP contribution in [0.25, 0.3) is 0 Å². The standard InChI is InChI=1S/C16H26N2O/c1-13-6-5-7-14(10-13)16(11-17)18-9-4-2-3-8-15(18)12-19/h5-7,10,15-16,19H,2-4,8-9,11-12,17H2,1H3. The van der Waals surface area contributed by atoms with Crippen molar-refractivity contribution in [2.24, 2.45) is 5.73 Å². The predicted molar refractivity (Wildman–Crippen MR) is 79.0 cm³/mol. The average Bonchev–Trinajstić information content (AvgIpc) is 2.65. The first-order valence-corrected chi connectivity index (χ1v) is 7.39. The number of nitrogens with zero attached hydrogens (tertiary/aromatic N) is 1. The SMILES string of the molecule is Cc1cccc(C(CN)N2CCCCCC2CO)c1. The fraction of sp³-hybridized carbons (Fsp3) is 0.625. The van der Waals surface area contributed by atoms with Crippen LogP contribution >= 0.6 is 0 Å². The van der Waals surface area contributed by atoms with E-state index < -0.39 is 0 Å². The van der Waals surface area contributed by atoms with E-state index in [2.05, 4.69) is 36.1 Å². The van der Waals surface area contributed by atoms with E-state index in [0.717, 1.165) is 13.0 Å². The molecule has 1 aromatic carbocycles. The fourth-order valence-corrected chi connectivity index (χ4v) is 3.15. The maximum Gasteiger partial charge on any atom is 0.0587 e. The number of aliphatic hydroxyl groups excluding tert-OH is 1. The minimum atomic E-state index is 0.232. The summed E-state index contributed by atoms with van der Waals surface area (Å²) in [6.07, 6.45) is 4.77. The topological polar surface area (TPSA) is 49.5 Å². The van der Waals surface area contributed by atoms with E-state index in [0.29, 0.717) is 6.54 Å². The van der Waals surface area contributed by atoms with Gasteiger partial charge in [0.05, 0.1) is 6.61 Å². The molecule has 0 radical (unpaired) electrons. The lowest BCUT2D eigenvalue weighted by Crippen LogP contribution is -2.43. The number of rotatable bonds is 4. The summed E-state index contributed by atoms with van der Waals surface area (Å²) >= 11 is 0. The van der Waals surface area contributed by atoms with Crippen LogP contribution in [0.2, 0.25) is 0 Å². The van der Waals surface area contributed by atoms with Crippen LogP contribution in [-0.4, -0.2) is 35.7 Å². The number of likely N-dealkylation sites (tertiary alicyclic amines) is 1. The number of aliphatic hydroxyl groups is 1. The molecule has 0 aliphatic carbocycles. The van der Waals surface area contributed by atoms with E-state index >= 15 is 0 Å². The van der Waals surface area contributed by atoms with Crippen molar-refractivity contribution in [3.63, 3.8) is 0 Å². The highest BCUT2D eigenvalue weighted by atomic mass is 16.3. The first kappa shape index (κ1) is 14.5. The van der Waals surface area contributed by atoms with Crippen LogP contribution in [-0.2, 0) is 0 Å². The molecule has 1 aliphatic heterocycles. The van der Waals surface area contributed by atoms with Crippen molar-refractivity contribution < 1.29 is 5.11 Å². The second-order valence-corrected chi connectivity index (χ2v) is 5.59. The van der Waals surface area contributed by atoms with Crippen LogP contribution in [0.1, 0.15) is 42.9 Å². The Balaban J connectivity index is 2.23. The van der Waals surface area contributed by atoms with Gasteiger partial charge in [-0.15, -0.1) is 0 Å². The second-order valence-electron chi connectivity index (χ2n) is 5.59. The lowest BCUT2D eigenvalue weighted by atomic mass is 10.0. The van der Waals surface area contributed by atoms with Gasteiger partial charge in [0.25, 0.3) is 0 Å². The van der Waals surface area contributed by atoms with Gasteiger partial charge in [-0.2, -0.15) is 0 Å². The lowest BCUT2D eigenvalue weighted by Gasteiger charge is -2.36. The Bertz CT molecular complexity index is 394. The van der Waals surface area contributed by atoms with Crippen LogP contribution in [0.15, 0.2) is 24.3 Å². The van der Waals surface area contributed by atoms with E-state index in [1.807, 2.05) is 0 Å². The first-order valence-electron chi connectivity index (χ1n) is 7.39. The summed E-state index contributed by atoms with van der Waals surface area (Å²) in [5, 5.41) is 9.65. The van der Waals surface area contributed by atoms with Gasteiger partial charge in [0.15, 0.2) is 0 Å². The molecule has 0 bridgehead atoms. The van der Waals surface area contributed by atoms with Gasteiger partial charge in [0.1, 0.15) is 0 Å². The molecule has 0 saturated carbocycles. The molecule has 0 spiro atoms. The van der Waals surface area contributed by atoms with E-state index in [9.17, 15) is 5.11 Å². The van der Waals surface area contributed by atoms with E-state index in [-0.39, 0.29) is 18.7 Å². The Kier molecular flexibility index (Phi) is 5.37. The smallest absolute Gasteiger partial charge is 0.0587 e. The van der Waals surface area contributed by atoms with Crippen LogP contribution in [0.5, 0.6) is 0 Å². The number of benzene rings is 1. The quantitative estimate of drug-likeness (QED) is 0.875. The molecule has 2 atom stereocenters. The first-order chi connectivity index (χ1) is 9.26. The van der Waals surface area contributed by atoms with Crippen LogP contribution in [0.3, 0.4) is 0 Å². The summed E-state index contributed by atoms with van der Waals surface area (Å²) < 4.78 is 0. The maximum atomic E-state index is 9.65. The van der Waals surface area contributed by atoms with Crippen molar-refractivity contribution in [3.05, 3.63) is 35.4 Å². The number of aryl methyl sites for hydroxylation is 1. The van der Waals surface area contributed by atoms with Crippen LogP contribution < -0.4 is 5.73 Å². The molecule has 1 saturated heterocycles. The molecule has 1 aliphatic rings. The van der Waals surface area contributed by atoms with Gasteiger partial charge < -0.3 is 10.8 Å². The highest BCUT2D eigenvalue weighted by molar-refractivity contribution is 5.25. The average molecular weight is 262 g/mol. The van der Waals surface area contributed by atoms with E-state index in [1.54, 1.807) is 0 Å². The Morgan fingerprint density at radius 2 is 2.21 bits per heavy atom. The van der Waals surface area contributed by atoms with Gasteiger partial charge in [-0.3, -0.25) is 4.90 Å². The summed E-state index contributed by atoms with van der Waals surface area (Å²) in [6, 6.07) is 9.08. The largest absolute Gasteiger partial charge is 0.395 e. The van der Waals surface area contributed by atoms with Gasteiger partial charge >= 0.3 is 0 Å². The molecule has 1 fully saturated rings. The monoisotopic (exact) mass is 262 g/mol. The van der Waals surface area contributed by atoms with Gasteiger partial charge in [-0.25, -0.2) is 0 Å². The van der Waals surface area contributed by atoms with Crippen molar-refractivity contribution in [1.82, 2.24) is 4.90 Å². The van der Waals surface area contributed by atoms with Crippen LogP contribution in [0, 0.1) is 6.92 Å². The zero-order chi connectivity index (χ0) is 13.7. The normalized spacial score (nSPS) is 23.0. The van der Waals surface area contributed by atoms with E-state index in [4.69, 9.17) is 5.73 Å². The Morgan fingerprint density at radius 3 is 2.89 bits per heavy atom. The third kappa shape index (κ3) is 3.56. The summed E-state index contributed by atoms with van der Waals surface area (Å²) in [4.78, 5) is 2.42. The molecule has 0 aromatic heterocycles. The van der Waals surface area contributed by atoms with Gasteiger partial charge in [0.2, 0.25) is 0 Å². The Hall–Kier alpha value is -0.900. The lowest BCUT2D eigenvalue weighted by molar-refractivity contribution is 0.0870. The molecular formula is C16H26N2O. The predicted octanol–water partition coefficient (Wildman–Crippen LogP) is 2.23. The van der Waals surface area contributed by atoms with Gasteiger partial charge in [0, 0.05) is 18.6 Å². The molecule has 1 heterocycles. The molecule has 106 valence electrons. The van der Waals surface area contributed by atoms with Crippen molar-refractivity contribution >= 4 is 0 Å². The number of hydrogen-bond acceptors (Lipinski definition) is 3. The molecule has 3 heteroatoms. The second kappa shape index (κ2) is 7.04. The third-order valence-electron chi connectivity index (χ3n) is 4.18. The molecule has 3 nitrogen and oxygen atoms in total. The minimum absolute atomic E-state index is 0.232. The zero-order valence-electron chi connectivity index (χ0n) is 11.9. The summed E-state index contributed by atoms with van der Waals surface area (Å²) in [5.41, 5.74) is 8.58. The van der Waals surface area contributed by atoms with Gasteiger partial charge in [-0.05, 0) is 31.9 Å². The molecule has 3 N–H and O–H groups in total. The van der Waals surface area contributed by atoms with Crippen molar-refractivity contribution in [1.29, 1.82) is 0 Å². The summed E-state index contributed by atoms with van der Waals surface area (Å²) in [6.45, 7) is 4.01. The molecule has 19 heavy (non-hydrogen) atoms. The zero-order valence-corrected chi connectivity index (χ0v) is 11.9. The molecular weight excluding hydrogens is 236 g/mol. The van der Waals surface area contributed by atoms with Crippen LogP contribution in [0.4, 0.5) is 0 Å². The summed E-state index contributed by atoms with van der Waals surface area (Å²) in [5.74, 6) is 0. The van der Waals surface area contributed by atoms with Gasteiger partial charge in [-0.1, -0.05) is 42.7 Å². The molecule has 1 aromatic rings. The summed E-state index contributed by atoms with van der Waals surface area (Å²) in [7, 11) is 0. The number of nitrogens with two attached hydrogens (primary N) is 1.